The van der Waals surface area contributed by atoms with Crippen LogP contribution in [0.2, 0.25) is 0 Å². The molecular formula is C78H82N4O10S2. The minimum atomic E-state index is -0.922. The first-order valence-corrected chi connectivity index (χ1v) is 36.3. The number of hydrogen-bond acceptors (Lipinski definition) is 16. The van der Waals surface area contributed by atoms with Gasteiger partial charge < -0.3 is 65.8 Å². The van der Waals surface area contributed by atoms with Gasteiger partial charge in [0.2, 0.25) is 0 Å². The fraction of sp³-hybridized carbons (Fsp3) is 0.449. The molecule has 2 saturated carbocycles. The van der Waals surface area contributed by atoms with Gasteiger partial charge in [0.1, 0.15) is 42.0 Å². The topological polar surface area (TPSA) is 206 Å². The molecule has 16 atom stereocenters. The molecule has 14 nitrogen and oxygen atoms in total. The number of fused-ring (bicyclic) bond motifs is 14. The average Bonchev–Trinajstić information content (AvgIpc) is 1.50. The molecule has 94 heavy (non-hydrogen) atoms. The molecule has 16 unspecified atom stereocenters. The first-order valence-electron chi connectivity index (χ1n) is 33.9. The molecule has 1 spiro atoms. The minimum absolute atomic E-state index is 0.0303. The number of methoxy groups -OCH3 is 1. The molecule has 1 saturated heterocycles. The molecule has 0 radical (unpaired) electrons. The number of rotatable bonds is 9. The van der Waals surface area contributed by atoms with Gasteiger partial charge >= 0.3 is 5.97 Å². The summed E-state index contributed by atoms with van der Waals surface area (Å²) in [5.74, 6) is 15.7. The molecule has 6 heterocycles. The van der Waals surface area contributed by atoms with Crippen molar-refractivity contribution in [3.8, 4) is 63.6 Å². The van der Waals surface area contributed by atoms with E-state index in [0.29, 0.717) is 65.9 Å². The second-order valence-electron chi connectivity index (χ2n) is 28.3. The van der Waals surface area contributed by atoms with Crippen molar-refractivity contribution in [2.24, 2.45) is 40.7 Å². The number of aliphatic hydroxyl groups is 2. The van der Waals surface area contributed by atoms with E-state index in [0.717, 1.165) is 101 Å². The summed E-state index contributed by atoms with van der Waals surface area (Å²) < 4.78 is 34.7. The van der Waals surface area contributed by atoms with Crippen LogP contribution in [0.1, 0.15) is 131 Å². The Hall–Kier alpha value is -7.09. The number of esters is 1. The maximum absolute atomic E-state index is 14.0. The summed E-state index contributed by atoms with van der Waals surface area (Å²) in [6.07, 6.45) is 20.1. The second kappa shape index (κ2) is 25.2. The van der Waals surface area contributed by atoms with Crippen molar-refractivity contribution in [1.29, 1.82) is 0 Å². The fourth-order valence-corrected chi connectivity index (χ4v) is 21.9. The van der Waals surface area contributed by atoms with Crippen molar-refractivity contribution in [3.63, 3.8) is 0 Å². The number of phenols is 2. The van der Waals surface area contributed by atoms with Gasteiger partial charge in [0.15, 0.2) is 18.3 Å². The molecule has 6 aliphatic heterocycles. The predicted octanol–water partition coefficient (Wildman–Crippen LogP) is 11.1. The third-order valence-electron chi connectivity index (χ3n) is 22.9. The van der Waals surface area contributed by atoms with Gasteiger partial charge in [0.25, 0.3) is 0 Å². The second-order valence-corrected chi connectivity index (χ2v) is 30.9. The highest BCUT2D eigenvalue weighted by Gasteiger charge is 2.55. The smallest absolute Gasteiger partial charge is 0.302 e. The monoisotopic (exact) mass is 1300 g/mol. The van der Waals surface area contributed by atoms with Crippen molar-refractivity contribution >= 4 is 33.6 Å². The maximum atomic E-state index is 14.0. The van der Waals surface area contributed by atoms with Gasteiger partial charge in [-0.3, -0.25) is 4.79 Å². The van der Waals surface area contributed by atoms with Crippen LogP contribution in [-0.4, -0.2) is 102 Å². The minimum Gasteiger partial charge on any atom is -0.508 e. The lowest BCUT2D eigenvalue weighted by molar-refractivity contribution is -0.141. The number of dihydropyridines is 1. The van der Waals surface area contributed by atoms with Gasteiger partial charge in [-0.1, -0.05) is 143 Å². The average molecular weight is 1300 g/mol. The Kier molecular flexibility index (Phi) is 16.5. The van der Waals surface area contributed by atoms with E-state index in [4.69, 9.17) is 29.4 Å². The molecule has 5 aromatic rings. The number of nitrogens with two attached hydrogens (primary N) is 1. The molecule has 11 bridgehead atoms. The van der Waals surface area contributed by atoms with Gasteiger partial charge in [-0.15, -0.1) is 0 Å². The van der Waals surface area contributed by atoms with E-state index in [2.05, 4.69) is 137 Å². The number of benzene rings is 5. The highest BCUT2D eigenvalue weighted by atomic mass is 33.1. The zero-order chi connectivity index (χ0) is 64.0. The fourth-order valence-electron chi connectivity index (χ4n) is 18.7. The maximum Gasteiger partial charge on any atom is 0.302 e. The summed E-state index contributed by atoms with van der Waals surface area (Å²) in [6.45, 7) is 1.39. The van der Waals surface area contributed by atoms with E-state index in [1.165, 1.54) is 24.5 Å². The van der Waals surface area contributed by atoms with Crippen molar-refractivity contribution in [2.45, 2.75) is 137 Å². The Morgan fingerprint density at radius 3 is 2.68 bits per heavy atom. The van der Waals surface area contributed by atoms with Crippen LogP contribution in [0.15, 0.2) is 121 Å². The summed E-state index contributed by atoms with van der Waals surface area (Å²) in [4.78, 5) is 13.5. The van der Waals surface area contributed by atoms with Crippen LogP contribution in [-0.2, 0) is 45.5 Å². The molecule has 0 aromatic heterocycles. The summed E-state index contributed by atoms with van der Waals surface area (Å²) in [5, 5.41) is 59.6. The normalized spacial score (nSPS) is 32.6. The highest BCUT2D eigenvalue weighted by molar-refractivity contribution is 8.77. The van der Waals surface area contributed by atoms with Gasteiger partial charge in [-0.25, -0.2) is 0 Å². The first-order chi connectivity index (χ1) is 45.9. The molecule has 9 N–H and O–H groups in total. The van der Waals surface area contributed by atoms with Crippen LogP contribution in [0, 0.1) is 58.7 Å². The third kappa shape index (κ3) is 10.7. The van der Waals surface area contributed by atoms with Gasteiger partial charge in [-0.2, -0.15) is 0 Å². The molecule has 5 aliphatic carbocycles. The van der Waals surface area contributed by atoms with E-state index < -0.39 is 59.7 Å². The number of hydrogen-bond donors (Lipinski definition) is 8. The highest BCUT2D eigenvalue weighted by Crippen LogP contribution is 2.65. The van der Waals surface area contributed by atoms with Gasteiger partial charge in [0, 0.05) is 114 Å². The Labute approximate surface area is 558 Å². The van der Waals surface area contributed by atoms with Crippen LogP contribution in [0.3, 0.4) is 0 Å². The lowest BCUT2D eigenvalue weighted by atomic mass is 9.64. The van der Waals surface area contributed by atoms with E-state index in [9.17, 15) is 25.2 Å². The quantitative estimate of drug-likeness (QED) is 0.0227. The molecule has 11 aliphatic rings. The lowest BCUT2D eigenvalue weighted by Gasteiger charge is -2.40. The van der Waals surface area contributed by atoms with Crippen LogP contribution < -0.4 is 35.9 Å². The van der Waals surface area contributed by atoms with Crippen LogP contribution in [0.25, 0.3) is 17.2 Å². The van der Waals surface area contributed by atoms with E-state index in [-0.39, 0.29) is 72.3 Å². The Morgan fingerprint density at radius 2 is 1.83 bits per heavy atom. The number of aliphatic hydroxyl groups excluding tert-OH is 2. The van der Waals surface area contributed by atoms with Crippen LogP contribution >= 0.6 is 21.6 Å². The Bertz CT molecular complexity index is 4110. The van der Waals surface area contributed by atoms with Crippen molar-refractivity contribution in [2.75, 3.05) is 46.0 Å². The number of nitrogens with one attached hydrogen (secondary N) is 3. The van der Waals surface area contributed by atoms with Gasteiger partial charge in [-0.05, 0) is 133 Å². The van der Waals surface area contributed by atoms with E-state index in [1.807, 2.05) is 33.7 Å². The van der Waals surface area contributed by atoms with E-state index in [1.54, 1.807) is 13.2 Å². The number of ether oxygens (including phenoxy) is 5. The number of carbonyl (C=O) groups is 1. The number of aromatic hydroxyl groups is 2. The van der Waals surface area contributed by atoms with E-state index >= 15 is 0 Å². The zero-order valence-corrected chi connectivity index (χ0v) is 54.8. The lowest BCUT2D eigenvalue weighted by Crippen LogP contribution is -2.52. The van der Waals surface area contributed by atoms with Crippen molar-refractivity contribution < 1.29 is 48.9 Å². The number of allylic oxidation sites excluding steroid dienone is 4. The summed E-state index contributed by atoms with van der Waals surface area (Å²) in [6, 6.07) is 27.3. The summed E-state index contributed by atoms with van der Waals surface area (Å²) in [7, 11) is 5.55. The predicted molar refractivity (Wildman–Crippen MR) is 366 cm³/mol. The Balaban J connectivity index is 1.02. The largest absolute Gasteiger partial charge is 0.508 e. The molecule has 486 valence electrons. The SMILES string of the molecule is COCC12C=CC3c4cccc(c4)CC4C5=C(C#CC(C#CC31)c1c(c(O)c3c(c1C1Oc6c(ccc7c6C6(CCC4C6)Cc4cc(O)cc(OCO)c4-7)C1COC(C)=O)C=CC1NC4CCCC(CSSC(Cc6ccccc6)C1O3)C4)CNCC2CO)NC(N)C=C5. The summed E-state index contributed by atoms with van der Waals surface area (Å²) >= 11 is 0. The van der Waals surface area contributed by atoms with Crippen molar-refractivity contribution in [3.05, 3.63) is 176 Å². The molecule has 0 amide bonds. The molecule has 16 rings (SSSR count). The Morgan fingerprint density at radius 1 is 0.936 bits per heavy atom. The van der Waals surface area contributed by atoms with Crippen molar-refractivity contribution in [1.82, 2.24) is 16.0 Å². The standard InChI is InChI=1S/C78H82N4O10S2/c1-43(85)89-39-61-56-16-17-57-68-50(32-53(86)33-65(68)90-42-84)35-77-26-24-49(34-77)59-30-45-10-6-12-48(28-45)54-25-27-78(41-88-2)51(38-83)36-80-37-60-69(47(14-20-62(54)78)15-21-63-55(59)19-23-67(79)82-63)70(73(61)91-74(56)71(57)77)58-18-22-64-76(92-75(58)72(60)87)66(31-44-8-4-3-5-9-44)94-93-40-46-11-7-13-52(29-46)81-64/h3-6,8-10,12,16-19,22-23,25,27-28,32-33,46-47,49,51-52,54,59,61-62,64,66-67,73,76,80-84,86-87H,7,11,13,24,26,29-31,34-42,79H2,1-2H3. The van der Waals surface area contributed by atoms with Gasteiger partial charge in [0.05, 0.1) is 35.7 Å². The number of carbonyl (C=O) groups excluding carboxylic acids is 1. The van der Waals surface area contributed by atoms with Crippen LogP contribution in [0.5, 0.6) is 28.7 Å². The summed E-state index contributed by atoms with van der Waals surface area (Å²) in [5.41, 5.74) is 17.9. The third-order valence-corrected chi connectivity index (χ3v) is 25.9. The molecular weight excluding hydrogens is 1220 g/mol. The first kappa shape index (κ1) is 61.8. The zero-order valence-electron chi connectivity index (χ0n) is 53.2. The molecule has 3 fully saturated rings. The molecule has 16 heteroatoms. The number of phenolic OH excluding ortho intramolecular Hbond substituents is 2. The van der Waals surface area contributed by atoms with Crippen LogP contribution in [0.4, 0.5) is 0 Å². The molecule has 5 aromatic carbocycles.